The molecule has 0 bridgehead atoms. The predicted molar refractivity (Wildman–Crippen MR) is 141 cm³/mol. The number of ether oxygens (including phenoxy) is 1. The van der Waals surface area contributed by atoms with Crippen LogP contribution in [-0.2, 0) is 11.3 Å². The molecule has 1 aromatic carbocycles. The van der Waals surface area contributed by atoms with E-state index in [1.54, 1.807) is 24.5 Å². The van der Waals surface area contributed by atoms with Crippen LogP contribution in [0.1, 0.15) is 53.1 Å². The number of benzene rings is 1. The molecule has 0 saturated carbocycles. The van der Waals surface area contributed by atoms with Gasteiger partial charge in [0.25, 0.3) is 5.91 Å². The van der Waals surface area contributed by atoms with E-state index in [2.05, 4.69) is 48.5 Å². The number of nitrogens with one attached hydrogen (secondary N) is 2. The molecule has 4 rings (SSSR count). The van der Waals surface area contributed by atoms with Gasteiger partial charge in [-0.3, -0.25) is 9.78 Å². The molecular weight excluding hydrogens is 454 g/mol. The molecule has 0 spiro atoms. The fourth-order valence-corrected chi connectivity index (χ4v) is 4.15. The molecule has 36 heavy (non-hydrogen) atoms. The van der Waals surface area contributed by atoms with Crippen molar-refractivity contribution in [2.75, 3.05) is 24.3 Å². The molecule has 4 aromatic rings. The highest BCUT2D eigenvalue weighted by Gasteiger charge is 2.27. The Kier molecular flexibility index (Phi) is 7.63. The number of anilines is 2. The Balaban J connectivity index is 1.75. The zero-order valence-corrected chi connectivity index (χ0v) is 21.0. The molecule has 1 atom stereocenters. The molecule has 0 aliphatic rings. The summed E-state index contributed by atoms with van der Waals surface area (Å²) in [6, 6.07) is 15.6. The van der Waals surface area contributed by atoms with E-state index >= 15 is 0 Å². The zero-order valence-electron chi connectivity index (χ0n) is 21.0. The summed E-state index contributed by atoms with van der Waals surface area (Å²) in [6.07, 6.45) is 4.84. The van der Waals surface area contributed by atoms with Crippen molar-refractivity contribution >= 4 is 34.3 Å². The summed E-state index contributed by atoms with van der Waals surface area (Å²) >= 11 is 0. The number of aromatic nitrogens is 3. The number of rotatable bonds is 9. The number of nitrogens with zero attached hydrogens (tertiary/aromatic N) is 3. The first-order valence-electron chi connectivity index (χ1n) is 12.0. The van der Waals surface area contributed by atoms with Crippen LogP contribution in [0.4, 0.5) is 11.4 Å². The van der Waals surface area contributed by atoms with E-state index in [1.165, 1.54) is 18.9 Å². The van der Waals surface area contributed by atoms with E-state index in [4.69, 9.17) is 9.72 Å². The Morgan fingerprint density at radius 1 is 1.06 bits per heavy atom. The highest BCUT2D eigenvalue weighted by molar-refractivity contribution is 6.14. The average molecular weight is 486 g/mol. The van der Waals surface area contributed by atoms with Crippen LogP contribution >= 0.6 is 0 Å². The number of hydrogen-bond donors (Lipinski definition) is 2. The summed E-state index contributed by atoms with van der Waals surface area (Å²) in [6.45, 7) is 7.51. The van der Waals surface area contributed by atoms with Gasteiger partial charge < -0.3 is 19.9 Å². The van der Waals surface area contributed by atoms with Gasteiger partial charge in [0.1, 0.15) is 5.65 Å². The number of amides is 1. The molecule has 186 valence electrons. The van der Waals surface area contributed by atoms with Crippen LogP contribution in [0.5, 0.6) is 0 Å². The van der Waals surface area contributed by atoms with E-state index in [0.29, 0.717) is 35.4 Å². The molecular formula is C28H31N5O3. The molecule has 0 fully saturated rings. The Hall–Kier alpha value is -4.20. The quantitative estimate of drug-likeness (QED) is 0.311. The van der Waals surface area contributed by atoms with Crippen LogP contribution < -0.4 is 10.6 Å². The van der Waals surface area contributed by atoms with E-state index in [1.807, 2.05) is 28.8 Å². The van der Waals surface area contributed by atoms with Crippen LogP contribution in [0.15, 0.2) is 67.1 Å². The minimum absolute atomic E-state index is 0.234. The summed E-state index contributed by atoms with van der Waals surface area (Å²) in [5.41, 5.74) is 3.66. The van der Waals surface area contributed by atoms with Gasteiger partial charge in [0, 0.05) is 30.9 Å². The van der Waals surface area contributed by atoms with Crippen molar-refractivity contribution in [1.82, 2.24) is 14.5 Å². The van der Waals surface area contributed by atoms with Crippen molar-refractivity contribution in [2.45, 2.75) is 33.2 Å². The monoisotopic (exact) mass is 485 g/mol. The van der Waals surface area contributed by atoms with E-state index < -0.39 is 5.97 Å². The first-order valence-corrected chi connectivity index (χ1v) is 12.0. The second-order valence-corrected chi connectivity index (χ2v) is 9.20. The molecule has 3 heterocycles. The molecule has 3 aromatic heterocycles. The van der Waals surface area contributed by atoms with E-state index in [0.717, 1.165) is 5.69 Å². The summed E-state index contributed by atoms with van der Waals surface area (Å²) in [4.78, 5) is 34.7. The molecule has 8 nitrogen and oxygen atoms in total. The summed E-state index contributed by atoms with van der Waals surface area (Å²) in [5, 5.41) is 7.04. The van der Waals surface area contributed by atoms with Gasteiger partial charge in [0.2, 0.25) is 0 Å². The van der Waals surface area contributed by atoms with Gasteiger partial charge in [-0.15, -0.1) is 0 Å². The van der Waals surface area contributed by atoms with Crippen molar-refractivity contribution in [2.24, 2.45) is 5.92 Å². The molecule has 0 unspecified atom stereocenters. The lowest BCUT2D eigenvalue weighted by atomic mass is 10.0. The first-order chi connectivity index (χ1) is 17.4. The van der Waals surface area contributed by atoms with Crippen LogP contribution in [0, 0.1) is 5.92 Å². The average Bonchev–Trinajstić information content (AvgIpc) is 3.19. The van der Waals surface area contributed by atoms with Crippen LogP contribution in [0.3, 0.4) is 0 Å². The maximum Gasteiger partial charge on any atom is 0.356 e. The maximum atomic E-state index is 13.1. The summed E-state index contributed by atoms with van der Waals surface area (Å²) < 4.78 is 6.93. The molecule has 0 radical (unpaired) electrons. The molecule has 0 aliphatic heterocycles. The van der Waals surface area contributed by atoms with Crippen molar-refractivity contribution in [1.29, 1.82) is 0 Å². The predicted octanol–water partition coefficient (Wildman–Crippen LogP) is 5.34. The molecule has 1 amide bonds. The van der Waals surface area contributed by atoms with Crippen molar-refractivity contribution in [3.63, 3.8) is 0 Å². The van der Waals surface area contributed by atoms with Crippen molar-refractivity contribution < 1.29 is 14.3 Å². The number of esters is 1. The smallest absolute Gasteiger partial charge is 0.356 e. The third-order valence-corrected chi connectivity index (χ3v) is 5.97. The standard InChI is InChI=1S/C28H31N5O3/c1-18(2)17-33-25(28(35)36-4)24(32-27(34)21-11-8-12-29-15-21)23-13-22(16-31-26(23)33)30-14-19(3)20-9-6-5-7-10-20/h5-13,15-16,18-19,30H,14,17H2,1-4H3,(H,32,34)/t19-/m1/s1. The number of pyridine rings is 2. The molecule has 0 saturated heterocycles. The Bertz CT molecular complexity index is 1350. The lowest BCUT2D eigenvalue weighted by Gasteiger charge is -2.14. The van der Waals surface area contributed by atoms with Crippen molar-refractivity contribution in [3.8, 4) is 0 Å². The van der Waals surface area contributed by atoms with Crippen LogP contribution in [-0.4, -0.2) is 40.1 Å². The number of carbonyl (C=O) groups is 2. The maximum absolute atomic E-state index is 13.1. The van der Waals surface area contributed by atoms with E-state index in [9.17, 15) is 9.59 Å². The molecule has 8 heteroatoms. The third-order valence-electron chi connectivity index (χ3n) is 5.97. The van der Waals surface area contributed by atoms with Crippen molar-refractivity contribution in [3.05, 3.63) is 83.9 Å². The van der Waals surface area contributed by atoms with Crippen LogP contribution in [0.2, 0.25) is 0 Å². The first kappa shape index (κ1) is 24.9. The SMILES string of the molecule is COC(=O)c1c(NC(=O)c2cccnc2)c2cc(NC[C@@H](C)c3ccccc3)cnc2n1CC(C)C. The highest BCUT2D eigenvalue weighted by atomic mass is 16.5. The second kappa shape index (κ2) is 11.0. The Morgan fingerprint density at radius 3 is 2.50 bits per heavy atom. The van der Waals surface area contributed by atoms with Gasteiger partial charge in [-0.1, -0.05) is 51.1 Å². The normalized spacial score (nSPS) is 11.9. The molecule has 2 N–H and O–H groups in total. The topological polar surface area (TPSA) is 98.1 Å². The largest absolute Gasteiger partial charge is 0.464 e. The highest BCUT2D eigenvalue weighted by Crippen LogP contribution is 2.34. The van der Waals surface area contributed by atoms with Gasteiger partial charge in [0.15, 0.2) is 5.69 Å². The second-order valence-electron chi connectivity index (χ2n) is 9.20. The lowest BCUT2D eigenvalue weighted by molar-refractivity contribution is 0.0589. The van der Waals surface area contributed by atoms with Crippen LogP contribution in [0.25, 0.3) is 11.0 Å². The number of methoxy groups -OCH3 is 1. The fraction of sp³-hybridized carbons (Fsp3) is 0.286. The minimum atomic E-state index is -0.539. The zero-order chi connectivity index (χ0) is 25.7. The van der Waals surface area contributed by atoms with Gasteiger partial charge >= 0.3 is 5.97 Å². The Labute approximate surface area is 210 Å². The number of hydrogen-bond acceptors (Lipinski definition) is 6. The fourth-order valence-electron chi connectivity index (χ4n) is 4.15. The Morgan fingerprint density at radius 2 is 1.83 bits per heavy atom. The van der Waals surface area contributed by atoms with Gasteiger partial charge in [0.05, 0.1) is 30.2 Å². The van der Waals surface area contributed by atoms with E-state index in [-0.39, 0.29) is 23.4 Å². The van der Waals surface area contributed by atoms with Gasteiger partial charge in [-0.25, -0.2) is 9.78 Å². The summed E-state index contributed by atoms with van der Waals surface area (Å²) in [7, 11) is 1.33. The molecule has 0 aliphatic carbocycles. The number of carbonyl (C=O) groups excluding carboxylic acids is 2. The van der Waals surface area contributed by atoms with Gasteiger partial charge in [-0.2, -0.15) is 0 Å². The minimum Gasteiger partial charge on any atom is -0.464 e. The lowest BCUT2D eigenvalue weighted by Crippen LogP contribution is -2.18. The summed E-state index contributed by atoms with van der Waals surface area (Å²) in [5.74, 6) is -0.393. The third kappa shape index (κ3) is 5.38. The van der Waals surface area contributed by atoms with Gasteiger partial charge in [-0.05, 0) is 35.6 Å². The number of fused-ring (bicyclic) bond motifs is 1.